The van der Waals surface area contributed by atoms with E-state index in [0.717, 1.165) is 38.9 Å². The molecule has 1 fully saturated rings. The standard InChI is InChI=1S/C14H27N3O3/c1-3-7-17(11-13(18)19)14(20)15-10-12-5-8-16(4-2)9-6-12/h12H,3-11H2,1-2H3,(H,15,20)(H,18,19). The number of amides is 2. The van der Waals surface area contributed by atoms with Crippen LogP contribution in [-0.4, -0.2) is 66.2 Å². The molecule has 1 aliphatic rings. The Morgan fingerprint density at radius 1 is 1.30 bits per heavy atom. The molecule has 0 radical (unpaired) electrons. The molecule has 0 atom stereocenters. The molecule has 0 aromatic heterocycles. The zero-order valence-electron chi connectivity index (χ0n) is 12.6. The van der Waals surface area contributed by atoms with E-state index < -0.39 is 5.97 Å². The second-order valence-corrected chi connectivity index (χ2v) is 5.38. The quantitative estimate of drug-likeness (QED) is 0.738. The molecule has 0 aromatic rings. The number of hydrogen-bond acceptors (Lipinski definition) is 3. The Labute approximate surface area is 121 Å². The van der Waals surface area contributed by atoms with Gasteiger partial charge in [-0.15, -0.1) is 0 Å². The molecule has 0 aromatic carbocycles. The van der Waals surface area contributed by atoms with E-state index in [1.54, 1.807) is 0 Å². The topological polar surface area (TPSA) is 72.9 Å². The van der Waals surface area contributed by atoms with Crippen LogP contribution < -0.4 is 5.32 Å². The number of nitrogens with zero attached hydrogens (tertiary/aromatic N) is 2. The molecule has 1 saturated heterocycles. The van der Waals surface area contributed by atoms with Crippen molar-refractivity contribution >= 4 is 12.0 Å². The van der Waals surface area contributed by atoms with Crippen LogP contribution in [0.1, 0.15) is 33.1 Å². The minimum Gasteiger partial charge on any atom is -0.480 e. The van der Waals surface area contributed by atoms with Crippen LogP contribution >= 0.6 is 0 Å². The maximum atomic E-state index is 12.0. The van der Waals surface area contributed by atoms with Gasteiger partial charge < -0.3 is 20.2 Å². The molecule has 1 rings (SSSR count). The summed E-state index contributed by atoms with van der Waals surface area (Å²) in [5.74, 6) is -0.458. The number of aliphatic carboxylic acids is 1. The highest BCUT2D eigenvalue weighted by molar-refractivity contribution is 5.80. The van der Waals surface area contributed by atoms with E-state index in [0.29, 0.717) is 19.0 Å². The van der Waals surface area contributed by atoms with Gasteiger partial charge >= 0.3 is 12.0 Å². The van der Waals surface area contributed by atoms with Crippen LogP contribution in [0.15, 0.2) is 0 Å². The van der Waals surface area contributed by atoms with Crippen LogP contribution in [0.4, 0.5) is 4.79 Å². The van der Waals surface area contributed by atoms with E-state index in [1.807, 2.05) is 6.92 Å². The number of carboxylic acids is 1. The third kappa shape index (κ3) is 5.77. The molecule has 0 saturated carbocycles. The van der Waals surface area contributed by atoms with Crippen LogP contribution in [0, 0.1) is 5.92 Å². The number of nitrogens with one attached hydrogen (secondary N) is 1. The Morgan fingerprint density at radius 3 is 2.45 bits per heavy atom. The van der Waals surface area contributed by atoms with E-state index in [9.17, 15) is 9.59 Å². The van der Waals surface area contributed by atoms with Crippen molar-refractivity contribution in [1.29, 1.82) is 0 Å². The summed E-state index contributed by atoms with van der Waals surface area (Å²) >= 11 is 0. The molecular weight excluding hydrogens is 258 g/mol. The van der Waals surface area contributed by atoms with E-state index in [1.165, 1.54) is 4.90 Å². The van der Waals surface area contributed by atoms with Crippen molar-refractivity contribution in [2.24, 2.45) is 5.92 Å². The number of urea groups is 1. The predicted octanol–water partition coefficient (Wildman–Crippen LogP) is 1.22. The molecule has 0 bridgehead atoms. The second kappa shape index (κ2) is 8.79. The van der Waals surface area contributed by atoms with E-state index in [2.05, 4.69) is 17.1 Å². The van der Waals surface area contributed by atoms with Crippen molar-refractivity contribution in [2.75, 3.05) is 39.3 Å². The lowest BCUT2D eigenvalue weighted by atomic mass is 9.97. The number of piperidine rings is 1. The zero-order chi connectivity index (χ0) is 15.0. The maximum absolute atomic E-state index is 12.0. The molecular formula is C14H27N3O3. The summed E-state index contributed by atoms with van der Waals surface area (Å²) < 4.78 is 0. The Balaban J connectivity index is 2.31. The lowest BCUT2D eigenvalue weighted by molar-refractivity contribution is -0.137. The summed E-state index contributed by atoms with van der Waals surface area (Å²) in [4.78, 5) is 26.5. The molecule has 20 heavy (non-hydrogen) atoms. The number of carbonyl (C=O) groups excluding carboxylic acids is 1. The highest BCUT2D eigenvalue weighted by Gasteiger charge is 2.20. The molecule has 6 heteroatoms. The molecule has 6 nitrogen and oxygen atoms in total. The van der Waals surface area contributed by atoms with Crippen molar-refractivity contribution < 1.29 is 14.7 Å². The summed E-state index contributed by atoms with van der Waals surface area (Å²) in [6, 6.07) is -0.257. The first-order chi connectivity index (χ1) is 9.56. The largest absolute Gasteiger partial charge is 0.480 e. The highest BCUT2D eigenvalue weighted by Crippen LogP contribution is 2.15. The fourth-order valence-corrected chi connectivity index (χ4v) is 2.54. The van der Waals surface area contributed by atoms with Gasteiger partial charge in [0.15, 0.2) is 0 Å². The van der Waals surface area contributed by atoms with E-state index in [-0.39, 0.29) is 12.6 Å². The average Bonchev–Trinajstić information content (AvgIpc) is 2.44. The van der Waals surface area contributed by atoms with E-state index >= 15 is 0 Å². The number of hydrogen-bond donors (Lipinski definition) is 2. The predicted molar refractivity (Wildman–Crippen MR) is 77.7 cm³/mol. The normalized spacial score (nSPS) is 16.9. The molecule has 0 unspecified atom stereocenters. The minimum atomic E-state index is -0.968. The number of rotatable bonds is 7. The number of carbonyl (C=O) groups is 2. The van der Waals surface area contributed by atoms with Gasteiger partial charge in [-0.3, -0.25) is 4.79 Å². The van der Waals surface area contributed by atoms with Gasteiger partial charge in [-0.2, -0.15) is 0 Å². The first-order valence-corrected chi connectivity index (χ1v) is 7.53. The summed E-state index contributed by atoms with van der Waals surface area (Å²) in [5.41, 5.74) is 0. The van der Waals surface area contributed by atoms with Crippen molar-refractivity contribution in [3.05, 3.63) is 0 Å². The van der Waals surface area contributed by atoms with Gasteiger partial charge in [-0.05, 0) is 44.8 Å². The summed E-state index contributed by atoms with van der Waals surface area (Å²) in [6.45, 7) is 8.26. The van der Waals surface area contributed by atoms with Gasteiger partial charge in [0.05, 0.1) is 0 Å². The van der Waals surface area contributed by atoms with Crippen molar-refractivity contribution in [3.8, 4) is 0 Å². The van der Waals surface area contributed by atoms with Crippen molar-refractivity contribution in [1.82, 2.24) is 15.1 Å². The Morgan fingerprint density at radius 2 is 1.95 bits per heavy atom. The molecule has 116 valence electrons. The first-order valence-electron chi connectivity index (χ1n) is 7.53. The number of likely N-dealkylation sites (tertiary alicyclic amines) is 1. The van der Waals surface area contributed by atoms with Gasteiger partial charge in [-0.25, -0.2) is 4.79 Å². The smallest absolute Gasteiger partial charge is 0.323 e. The summed E-state index contributed by atoms with van der Waals surface area (Å²) in [6.07, 6.45) is 2.96. The fraction of sp³-hybridized carbons (Fsp3) is 0.857. The fourth-order valence-electron chi connectivity index (χ4n) is 2.54. The Bertz CT molecular complexity index is 315. The molecule has 0 spiro atoms. The summed E-state index contributed by atoms with van der Waals surface area (Å²) in [5, 5.41) is 11.7. The molecule has 2 amide bonds. The summed E-state index contributed by atoms with van der Waals surface area (Å²) in [7, 11) is 0. The second-order valence-electron chi connectivity index (χ2n) is 5.38. The molecule has 1 aliphatic heterocycles. The maximum Gasteiger partial charge on any atom is 0.323 e. The molecule has 1 heterocycles. The third-order valence-electron chi connectivity index (χ3n) is 3.80. The van der Waals surface area contributed by atoms with Crippen molar-refractivity contribution in [2.45, 2.75) is 33.1 Å². The van der Waals surface area contributed by atoms with Crippen LogP contribution in [0.2, 0.25) is 0 Å². The van der Waals surface area contributed by atoms with Crippen LogP contribution in [0.25, 0.3) is 0 Å². The van der Waals surface area contributed by atoms with E-state index in [4.69, 9.17) is 5.11 Å². The van der Waals surface area contributed by atoms with Gasteiger partial charge in [-0.1, -0.05) is 13.8 Å². The SMILES string of the molecule is CCCN(CC(=O)O)C(=O)NCC1CCN(CC)CC1. The van der Waals surface area contributed by atoms with Crippen LogP contribution in [0.3, 0.4) is 0 Å². The average molecular weight is 285 g/mol. The van der Waals surface area contributed by atoms with Gasteiger partial charge in [0.1, 0.15) is 6.54 Å². The van der Waals surface area contributed by atoms with Crippen LogP contribution in [0.5, 0.6) is 0 Å². The Kier molecular flexibility index (Phi) is 7.36. The monoisotopic (exact) mass is 285 g/mol. The minimum absolute atomic E-state index is 0.228. The Hall–Kier alpha value is -1.30. The van der Waals surface area contributed by atoms with Gasteiger partial charge in [0.25, 0.3) is 0 Å². The third-order valence-corrected chi connectivity index (χ3v) is 3.80. The molecule has 0 aliphatic carbocycles. The molecule has 2 N–H and O–H groups in total. The lowest BCUT2D eigenvalue weighted by Gasteiger charge is -2.31. The highest BCUT2D eigenvalue weighted by atomic mass is 16.4. The first kappa shape index (κ1) is 16.8. The van der Waals surface area contributed by atoms with Crippen molar-refractivity contribution in [3.63, 3.8) is 0 Å². The van der Waals surface area contributed by atoms with Gasteiger partial charge in [0, 0.05) is 13.1 Å². The lowest BCUT2D eigenvalue weighted by Crippen LogP contribution is -2.45. The number of carboxylic acid groups (broad SMARTS) is 1. The van der Waals surface area contributed by atoms with Crippen LogP contribution in [-0.2, 0) is 4.79 Å². The van der Waals surface area contributed by atoms with Gasteiger partial charge in [0.2, 0.25) is 0 Å². The zero-order valence-corrected chi connectivity index (χ0v) is 12.6.